The molecule has 0 aliphatic rings. The number of hydrogen-bond donors (Lipinski definition) is 0. The van der Waals surface area contributed by atoms with Crippen LogP contribution in [0.2, 0.25) is 5.15 Å². The number of nitrogens with zero attached hydrogens (tertiary/aromatic N) is 3. The van der Waals surface area contributed by atoms with Crippen LogP contribution >= 0.6 is 11.6 Å². The van der Waals surface area contributed by atoms with Crippen LogP contribution in [-0.2, 0) is 11.3 Å². The molecule has 0 radical (unpaired) electrons. The molecule has 96 valence electrons. The Hall–Kier alpha value is -0.710. The minimum absolute atomic E-state index is 0.424. The van der Waals surface area contributed by atoms with Gasteiger partial charge in [0, 0.05) is 25.4 Å². The van der Waals surface area contributed by atoms with E-state index in [9.17, 15) is 0 Å². The Kier molecular flexibility index (Phi) is 5.82. The van der Waals surface area contributed by atoms with Gasteiger partial charge in [-0.15, -0.1) is 0 Å². The van der Waals surface area contributed by atoms with Crippen LogP contribution in [-0.4, -0.2) is 41.2 Å². The van der Waals surface area contributed by atoms with Crippen molar-refractivity contribution in [2.45, 2.75) is 33.4 Å². The van der Waals surface area contributed by atoms with E-state index in [-0.39, 0.29) is 0 Å². The van der Waals surface area contributed by atoms with Gasteiger partial charge >= 0.3 is 0 Å². The lowest BCUT2D eigenvalue weighted by Gasteiger charge is -2.25. The smallest absolute Gasteiger partial charge is 0.144 e. The first kappa shape index (κ1) is 14.4. The molecule has 0 bridgehead atoms. The van der Waals surface area contributed by atoms with Crippen LogP contribution in [0, 0.1) is 6.92 Å². The number of hydrogen-bond acceptors (Lipinski definition) is 4. The van der Waals surface area contributed by atoms with Crippen molar-refractivity contribution in [2.24, 2.45) is 0 Å². The largest absolute Gasteiger partial charge is 0.383 e. The predicted octanol–water partition coefficient (Wildman–Crippen LogP) is 2.30. The highest BCUT2D eigenvalue weighted by molar-refractivity contribution is 6.29. The van der Waals surface area contributed by atoms with Gasteiger partial charge in [-0.3, -0.25) is 4.90 Å². The maximum Gasteiger partial charge on any atom is 0.144 e. The fraction of sp³-hybridized carbons (Fsp3) is 0.667. The molecule has 0 amide bonds. The topological polar surface area (TPSA) is 38.2 Å². The van der Waals surface area contributed by atoms with Crippen LogP contribution < -0.4 is 0 Å². The van der Waals surface area contributed by atoms with Crippen LogP contribution in [0.15, 0.2) is 6.07 Å². The molecule has 1 heterocycles. The summed E-state index contributed by atoms with van der Waals surface area (Å²) >= 11 is 5.92. The summed E-state index contributed by atoms with van der Waals surface area (Å²) in [5, 5.41) is 0.503. The lowest BCUT2D eigenvalue weighted by Crippen LogP contribution is -2.34. The van der Waals surface area contributed by atoms with Crippen molar-refractivity contribution in [3.63, 3.8) is 0 Å². The van der Waals surface area contributed by atoms with E-state index in [1.165, 1.54) is 0 Å². The molecule has 1 aromatic heterocycles. The van der Waals surface area contributed by atoms with E-state index >= 15 is 0 Å². The van der Waals surface area contributed by atoms with Gasteiger partial charge in [0.25, 0.3) is 0 Å². The highest BCUT2D eigenvalue weighted by atomic mass is 35.5. The average molecular weight is 258 g/mol. The van der Waals surface area contributed by atoms with Crippen LogP contribution in [0.4, 0.5) is 0 Å². The van der Waals surface area contributed by atoms with Gasteiger partial charge in [0.1, 0.15) is 11.0 Å². The Morgan fingerprint density at radius 2 is 2.12 bits per heavy atom. The Morgan fingerprint density at radius 1 is 1.41 bits per heavy atom. The normalized spacial score (nSPS) is 11.5. The Bertz CT molecular complexity index is 337. The molecule has 0 spiro atoms. The molecule has 0 unspecified atom stereocenters. The van der Waals surface area contributed by atoms with Gasteiger partial charge in [-0.25, -0.2) is 9.97 Å². The SMILES string of the molecule is COCCN(Cc1nc(C)cc(Cl)n1)C(C)C. The molecule has 0 aromatic carbocycles. The number of rotatable bonds is 6. The van der Waals surface area contributed by atoms with Gasteiger partial charge in [0.15, 0.2) is 0 Å². The molecule has 0 saturated carbocycles. The summed E-state index contributed by atoms with van der Waals surface area (Å²) in [6, 6.07) is 2.19. The molecular weight excluding hydrogens is 238 g/mol. The van der Waals surface area contributed by atoms with Gasteiger partial charge in [0.2, 0.25) is 0 Å². The summed E-state index contributed by atoms with van der Waals surface area (Å²) < 4.78 is 5.10. The molecule has 0 fully saturated rings. The van der Waals surface area contributed by atoms with Crippen molar-refractivity contribution >= 4 is 11.6 Å². The minimum atomic E-state index is 0.424. The quantitative estimate of drug-likeness (QED) is 0.733. The van der Waals surface area contributed by atoms with E-state index in [0.29, 0.717) is 24.3 Å². The molecule has 0 N–H and O–H groups in total. The average Bonchev–Trinajstić information content (AvgIpc) is 2.22. The highest BCUT2D eigenvalue weighted by Crippen LogP contribution is 2.09. The predicted molar refractivity (Wildman–Crippen MR) is 69.2 cm³/mol. The zero-order chi connectivity index (χ0) is 12.8. The molecule has 1 aromatic rings. The number of aryl methyl sites for hydroxylation is 1. The summed E-state index contributed by atoms with van der Waals surface area (Å²) in [6.07, 6.45) is 0. The van der Waals surface area contributed by atoms with Crippen LogP contribution in [0.5, 0.6) is 0 Å². The monoisotopic (exact) mass is 257 g/mol. The fourth-order valence-electron chi connectivity index (χ4n) is 1.57. The third kappa shape index (κ3) is 4.98. The molecule has 0 atom stereocenters. The van der Waals surface area contributed by atoms with Crippen LogP contribution in [0.25, 0.3) is 0 Å². The zero-order valence-electron chi connectivity index (χ0n) is 10.9. The zero-order valence-corrected chi connectivity index (χ0v) is 11.7. The van der Waals surface area contributed by atoms with E-state index in [2.05, 4.69) is 28.7 Å². The second-order valence-electron chi connectivity index (χ2n) is 4.31. The molecule has 0 aliphatic carbocycles. The third-order valence-corrected chi connectivity index (χ3v) is 2.72. The number of aromatic nitrogens is 2. The van der Waals surface area contributed by atoms with Gasteiger partial charge in [0.05, 0.1) is 13.2 Å². The summed E-state index contributed by atoms with van der Waals surface area (Å²) in [4.78, 5) is 10.9. The van der Waals surface area contributed by atoms with Gasteiger partial charge in [-0.2, -0.15) is 0 Å². The first-order valence-electron chi connectivity index (χ1n) is 5.76. The van der Waals surface area contributed by atoms with Crippen molar-refractivity contribution < 1.29 is 4.74 Å². The second kappa shape index (κ2) is 6.89. The summed E-state index contributed by atoms with van der Waals surface area (Å²) in [5.74, 6) is 0.764. The number of methoxy groups -OCH3 is 1. The molecule has 4 nitrogen and oxygen atoms in total. The first-order valence-corrected chi connectivity index (χ1v) is 6.13. The summed E-state index contributed by atoms with van der Waals surface area (Å²) in [7, 11) is 1.71. The first-order chi connectivity index (χ1) is 8.02. The minimum Gasteiger partial charge on any atom is -0.383 e. The number of halogens is 1. The van der Waals surface area contributed by atoms with Crippen molar-refractivity contribution in [2.75, 3.05) is 20.3 Å². The van der Waals surface area contributed by atoms with Crippen molar-refractivity contribution in [1.82, 2.24) is 14.9 Å². The Balaban J connectivity index is 2.71. The third-order valence-electron chi connectivity index (χ3n) is 2.53. The highest BCUT2D eigenvalue weighted by Gasteiger charge is 2.12. The van der Waals surface area contributed by atoms with E-state index < -0.39 is 0 Å². The maximum atomic E-state index is 5.92. The lowest BCUT2D eigenvalue weighted by atomic mass is 10.3. The molecule has 5 heteroatoms. The maximum absolute atomic E-state index is 5.92. The Morgan fingerprint density at radius 3 is 2.65 bits per heavy atom. The number of ether oxygens (including phenoxy) is 1. The van der Waals surface area contributed by atoms with Gasteiger partial charge < -0.3 is 4.74 Å². The molecular formula is C12H20ClN3O. The second-order valence-corrected chi connectivity index (χ2v) is 4.69. The van der Waals surface area contributed by atoms with E-state index in [4.69, 9.17) is 16.3 Å². The molecule has 17 heavy (non-hydrogen) atoms. The van der Waals surface area contributed by atoms with Crippen LogP contribution in [0.3, 0.4) is 0 Å². The lowest BCUT2D eigenvalue weighted by molar-refractivity contribution is 0.123. The van der Waals surface area contributed by atoms with Crippen molar-refractivity contribution in [3.05, 3.63) is 22.7 Å². The fourth-order valence-corrected chi connectivity index (χ4v) is 1.82. The van der Waals surface area contributed by atoms with Crippen LogP contribution in [0.1, 0.15) is 25.4 Å². The summed E-state index contributed by atoms with van der Waals surface area (Å²) in [6.45, 7) is 8.48. The van der Waals surface area contributed by atoms with Gasteiger partial charge in [-0.05, 0) is 26.8 Å². The summed E-state index contributed by atoms with van der Waals surface area (Å²) in [5.41, 5.74) is 0.899. The van der Waals surface area contributed by atoms with E-state index in [1.54, 1.807) is 13.2 Å². The Labute approximate surface area is 108 Å². The van der Waals surface area contributed by atoms with Crippen molar-refractivity contribution in [3.8, 4) is 0 Å². The van der Waals surface area contributed by atoms with Crippen molar-refractivity contribution in [1.29, 1.82) is 0 Å². The van der Waals surface area contributed by atoms with Gasteiger partial charge in [-0.1, -0.05) is 11.6 Å². The molecule has 0 saturated heterocycles. The molecule has 1 rings (SSSR count). The molecule has 0 aliphatic heterocycles. The van der Waals surface area contributed by atoms with E-state index in [1.807, 2.05) is 6.92 Å². The standard InChI is InChI=1S/C12H20ClN3O/c1-9(2)16(5-6-17-4)8-12-14-10(3)7-11(13)15-12/h7,9H,5-6,8H2,1-4H3. The van der Waals surface area contributed by atoms with E-state index in [0.717, 1.165) is 18.1 Å².